The Kier molecular flexibility index (Phi) is 3.84. The van der Waals surface area contributed by atoms with Crippen LogP contribution < -0.4 is 0 Å². The van der Waals surface area contributed by atoms with E-state index in [0.29, 0.717) is 5.56 Å². The van der Waals surface area contributed by atoms with Crippen LogP contribution in [-0.4, -0.2) is 30.5 Å². The number of para-hydroxylation sites is 1. The Morgan fingerprint density at radius 1 is 1.24 bits per heavy atom. The van der Waals surface area contributed by atoms with Gasteiger partial charge < -0.3 is 9.13 Å². The summed E-state index contributed by atoms with van der Waals surface area (Å²) in [6, 6.07) is 12.3. The number of imidazole rings is 1. The van der Waals surface area contributed by atoms with Crippen molar-refractivity contribution in [2.45, 2.75) is 13.5 Å². The molecule has 0 atom stereocenters. The Morgan fingerprint density at radius 3 is 2.80 bits per heavy atom. The molecule has 0 N–H and O–H groups in total. The molecule has 0 aliphatic carbocycles. The number of nitrogens with zero attached hydrogens (tertiary/aromatic N) is 4. The van der Waals surface area contributed by atoms with Crippen molar-refractivity contribution in [1.29, 1.82) is 0 Å². The Morgan fingerprint density at radius 2 is 2.04 bits per heavy atom. The number of fused-ring (bicyclic) bond motifs is 2. The van der Waals surface area contributed by atoms with Gasteiger partial charge in [-0.1, -0.05) is 30.0 Å². The summed E-state index contributed by atoms with van der Waals surface area (Å²) < 4.78 is 4.24. The number of pyridine rings is 1. The van der Waals surface area contributed by atoms with E-state index in [0.717, 1.165) is 29.2 Å². The molecule has 126 valence electrons. The first-order chi connectivity index (χ1) is 12.1. The van der Waals surface area contributed by atoms with Gasteiger partial charge in [-0.25, -0.2) is 9.97 Å². The van der Waals surface area contributed by atoms with Crippen LogP contribution in [0.5, 0.6) is 0 Å². The van der Waals surface area contributed by atoms with Gasteiger partial charge in [0.05, 0.1) is 5.69 Å². The molecular formula is C19H18N4OS. The van der Waals surface area contributed by atoms with Crippen molar-refractivity contribution in [2.75, 3.05) is 6.26 Å². The topological polar surface area (TPSA) is 52.7 Å². The van der Waals surface area contributed by atoms with Gasteiger partial charge in [-0.3, -0.25) is 4.79 Å². The van der Waals surface area contributed by atoms with Gasteiger partial charge in [0.25, 0.3) is 0 Å². The van der Waals surface area contributed by atoms with Crippen molar-refractivity contribution in [3.63, 3.8) is 0 Å². The minimum absolute atomic E-state index is 0.00396. The zero-order chi connectivity index (χ0) is 17.6. The average molecular weight is 350 g/mol. The van der Waals surface area contributed by atoms with E-state index < -0.39 is 0 Å². The molecule has 1 aromatic carbocycles. The zero-order valence-corrected chi connectivity index (χ0v) is 15.2. The van der Waals surface area contributed by atoms with Crippen LogP contribution in [0.1, 0.15) is 17.3 Å². The Bertz CT molecular complexity index is 1110. The molecule has 25 heavy (non-hydrogen) atoms. The second-order valence-electron chi connectivity index (χ2n) is 5.89. The van der Waals surface area contributed by atoms with Crippen LogP contribution >= 0.6 is 11.8 Å². The van der Waals surface area contributed by atoms with Crippen LogP contribution in [0.4, 0.5) is 0 Å². The van der Waals surface area contributed by atoms with Crippen LogP contribution in [-0.2, 0) is 13.6 Å². The lowest BCUT2D eigenvalue weighted by Crippen LogP contribution is -2.01. The second-order valence-corrected chi connectivity index (χ2v) is 6.66. The first-order valence-corrected chi connectivity index (χ1v) is 9.36. The highest BCUT2D eigenvalue weighted by molar-refractivity contribution is 8.13. The molecular weight excluding hydrogens is 332 g/mol. The monoisotopic (exact) mass is 350 g/mol. The van der Waals surface area contributed by atoms with Gasteiger partial charge in [0.2, 0.25) is 5.12 Å². The normalized spacial score (nSPS) is 11.5. The summed E-state index contributed by atoms with van der Waals surface area (Å²) in [5.41, 5.74) is 4.35. The van der Waals surface area contributed by atoms with Crippen molar-refractivity contribution in [2.24, 2.45) is 7.05 Å². The van der Waals surface area contributed by atoms with Crippen molar-refractivity contribution in [3.05, 3.63) is 48.2 Å². The van der Waals surface area contributed by atoms with E-state index in [-0.39, 0.29) is 5.12 Å². The van der Waals surface area contributed by atoms with Gasteiger partial charge in [0.15, 0.2) is 11.5 Å². The number of rotatable bonds is 3. The predicted octanol–water partition coefficient (Wildman–Crippen LogP) is 4.11. The molecule has 6 heteroatoms. The van der Waals surface area contributed by atoms with Crippen LogP contribution in [0.3, 0.4) is 0 Å². The number of thioether (sulfide) groups is 1. The summed E-state index contributed by atoms with van der Waals surface area (Å²) in [5, 5.41) is 1.20. The first-order valence-electron chi connectivity index (χ1n) is 8.13. The number of aromatic nitrogens is 4. The van der Waals surface area contributed by atoms with Crippen molar-refractivity contribution < 1.29 is 4.79 Å². The van der Waals surface area contributed by atoms with Crippen molar-refractivity contribution in [1.82, 2.24) is 19.1 Å². The highest BCUT2D eigenvalue weighted by atomic mass is 32.2. The van der Waals surface area contributed by atoms with Gasteiger partial charge in [-0.2, -0.15) is 0 Å². The summed E-state index contributed by atoms with van der Waals surface area (Å²) in [5.74, 6) is 0.856. The molecule has 0 aliphatic rings. The van der Waals surface area contributed by atoms with Gasteiger partial charge in [0.1, 0.15) is 5.52 Å². The third-order valence-electron chi connectivity index (χ3n) is 4.49. The molecule has 3 heterocycles. The van der Waals surface area contributed by atoms with E-state index in [1.54, 1.807) is 12.5 Å². The molecule has 3 aromatic heterocycles. The Hall–Kier alpha value is -2.60. The van der Waals surface area contributed by atoms with Gasteiger partial charge in [-0.15, -0.1) is 0 Å². The number of carbonyl (C=O) groups excluding carboxylic acids is 1. The van der Waals surface area contributed by atoms with Crippen LogP contribution in [0.15, 0.2) is 42.6 Å². The third kappa shape index (κ3) is 2.44. The van der Waals surface area contributed by atoms with E-state index in [4.69, 9.17) is 4.98 Å². The lowest BCUT2D eigenvalue weighted by atomic mass is 10.2. The molecule has 0 fully saturated rings. The van der Waals surface area contributed by atoms with E-state index in [9.17, 15) is 4.79 Å². The summed E-state index contributed by atoms with van der Waals surface area (Å²) in [6.07, 6.45) is 3.40. The summed E-state index contributed by atoms with van der Waals surface area (Å²) in [7, 11) is 1.96. The molecule has 0 bridgehead atoms. The summed E-state index contributed by atoms with van der Waals surface area (Å²) >= 11 is 1.19. The Labute approximate surface area is 149 Å². The number of aryl methyl sites for hydroxylation is 2. The average Bonchev–Trinajstić information content (AvgIpc) is 3.18. The lowest BCUT2D eigenvalue weighted by molar-refractivity contribution is 0.108. The second kappa shape index (κ2) is 6.04. The van der Waals surface area contributed by atoms with Gasteiger partial charge in [-0.05, 0) is 31.4 Å². The largest absolute Gasteiger partial charge is 0.338 e. The fourth-order valence-corrected chi connectivity index (χ4v) is 3.62. The SMILES string of the molecule is CCn1c(-c2nc3cc(C(=O)SC)cnc3n2C)cc2ccccc21. The van der Waals surface area contributed by atoms with Crippen LogP contribution in [0.2, 0.25) is 0 Å². The fourth-order valence-electron chi connectivity index (χ4n) is 3.27. The maximum Gasteiger partial charge on any atom is 0.220 e. The van der Waals surface area contributed by atoms with Gasteiger partial charge in [0, 0.05) is 36.3 Å². The van der Waals surface area contributed by atoms with E-state index in [1.165, 1.54) is 22.7 Å². The Balaban J connectivity index is 1.95. The van der Waals surface area contributed by atoms with Crippen LogP contribution in [0, 0.1) is 0 Å². The molecule has 0 amide bonds. The van der Waals surface area contributed by atoms with E-state index in [2.05, 4.69) is 40.7 Å². The first kappa shape index (κ1) is 15.9. The van der Waals surface area contributed by atoms with Crippen molar-refractivity contribution >= 4 is 38.9 Å². The minimum Gasteiger partial charge on any atom is -0.338 e. The molecule has 0 unspecified atom stereocenters. The zero-order valence-electron chi connectivity index (χ0n) is 14.4. The summed E-state index contributed by atoms with van der Waals surface area (Å²) in [6.45, 7) is 2.99. The molecule has 4 rings (SSSR count). The highest BCUT2D eigenvalue weighted by Gasteiger charge is 2.17. The standard InChI is InChI=1S/C19H18N4OS/c1-4-23-15-8-6-5-7-12(15)10-16(23)18-21-14-9-13(19(24)25-3)11-20-17(14)22(18)2/h5-11H,4H2,1-3H3. The molecule has 0 saturated carbocycles. The quantitative estimate of drug-likeness (QED) is 0.558. The minimum atomic E-state index is 0.00396. The fraction of sp³-hybridized carbons (Fsp3) is 0.211. The molecule has 5 nitrogen and oxygen atoms in total. The molecule has 4 aromatic rings. The molecule has 0 spiro atoms. The number of carbonyl (C=O) groups is 1. The van der Waals surface area contributed by atoms with Gasteiger partial charge >= 0.3 is 0 Å². The van der Waals surface area contributed by atoms with E-state index in [1.807, 2.05) is 23.7 Å². The maximum absolute atomic E-state index is 11.9. The molecule has 0 saturated heterocycles. The number of benzene rings is 1. The smallest absolute Gasteiger partial charge is 0.220 e. The number of hydrogen-bond donors (Lipinski definition) is 0. The molecule has 0 aliphatic heterocycles. The summed E-state index contributed by atoms with van der Waals surface area (Å²) in [4.78, 5) is 21.2. The van der Waals surface area contributed by atoms with Crippen LogP contribution in [0.25, 0.3) is 33.6 Å². The van der Waals surface area contributed by atoms with Crippen molar-refractivity contribution in [3.8, 4) is 11.5 Å². The third-order valence-corrected chi connectivity index (χ3v) is 5.09. The maximum atomic E-state index is 11.9. The van der Waals surface area contributed by atoms with E-state index >= 15 is 0 Å². The number of hydrogen-bond acceptors (Lipinski definition) is 4. The highest BCUT2D eigenvalue weighted by Crippen LogP contribution is 2.29. The lowest BCUT2D eigenvalue weighted by Gasteiger charge is -2.07. The molecule has 0 radical (unpaired) electrons. The predicted molar refractivity (Wildman–Crippen MR) is 103 cm³/mol.